The molecule has 2 rings (SSSR count). The van der Waals surface area contributed by atoms with E-state index in [2.05, 4.69) is 10.9 Å². The van der Waals surface area contributed by atoms with E-state index in [9.17, 15) is 4.79 Å². The molecular weight excluding hydrogens is 240 g/mol. The van der Waals surface area contributed by atoms with E-state index in [1.807, 2.05) is 24.3 Å². The maximum absolute atomic E-state index is 10.5. The predicted molar refractivity (Wildman–Crippen MR) is 65.7 cm³/mol. The molecule has 1 heterocycles. The molecule has 0 spiro atoms. The topological polar surface area (TPSA) is 61.4 Å². The molecule has 1 aromatic rings. The van der Waals surface area contributed by atoms with E-state index < -0.39 is 5.97 Å². The molecule has 2 unspecified atom stereocenters. The van der Waals surface area contributed by atoms with Crippen LogP contribution in [0.3, 0.4) is 0 Å². The Morgan fingerprint density at radius 3 is 2.71 bits per heavy atom. The van der Waals surface area contributed by atoms with Gasteiger partial charge in [0.1, 0.15) is 0 Å². The van der Waals surface area contributed by atoms with Crippen LogP contribution in [0.4, 0.5) is 0 Å². The zero-order valence-corrected chi connectivity index (χ0v) is 10.1. The second-order valence-electron chi connectivity index (χ2n) is 4.26. The van der Waals surface area contributed by atoms with Crippen molar-refractivity contribution >= 4 is 17.6 Å². The van der Waals surface area contributed by atoms with E-state index in [0.29, 0.717) is 6.42 Å². The van der Waals surface area contributed by atoms with Crippen LogP contribution in [0.15, 0.2) is 24.3 Å². The van der Waals surface area contributed by atoms with Crippen molar-refractivity contribution in [1.82, 2.24) is 10.9 Å². The maximum Gasteiger partial charge on any atom is 0.303 e. The number of carboxylic acid groups (broad SMARTS) is 1. The molecule has 1 saturated heterocycles. The molecule has 0 saturated carbocycles. The summed E-state index contributed by atoms with van der Waals surface area (Å²) in [6.07, 6.45) is 1.74. The summed E-state index contributed by atoms with van der Waals surface area (Å²) in [5, 5.41) is 9.35. The van der Waals surface area contributed by atoms with Crippen molar-refractivity contribution in [3.8, 4) is 0 Å². The highest BCUT2D eigenvalue weighted by atomic mass is 35.5. The quantitative estimate of drug-likeness (QED) is 0.770. The van der Waals surface area contributed by atoms with E-state index >= 15 is 0 Å². The average Bonchev–Trinajstić information content (AvgIpc) is 2.76. The highest BCUT2D eigenvalue weighted by molar-refractivity contribution is 6.30. The Labute approximate surface area is 105 Å². The molecule has 0 aromatic heterocycles. The van der Waals surface area contributed by atoms with E-state index in [4.69, 9.17) is 16.7 Å². The van der Waals surface area contributed by atoms with E-state index in [1.165, 1.54) is 5.56 Å². The lowest BCUT2D eigenvalue weighted by Gasteiger charge is -2.09. The van der Waals surface area contributed by atoms with Crippen molar-refractivity contribution in [3.05, 3.63) is 34.9 Å². The molecule has 1 aliphatic heterocycles. The van der Waals surface area contributed by atoms with Crippen molar-refractivity contribution in [1.29, 1.82) is 0 Å². The number of nitrogens with one attached hydrogen (secondary N) is 2. The number of hydrazine groups is 1. The summed E-state index contributed by atoms with van der Waals surface area (Å²) in [5.41, 5.74) is 7.48. The number of hydrogen-bond acceptors (Lipinski definition) is 3. The number of carbonyl (C=O) groups is 1. The Kier molecular flexibility index (Phi) is 3.99. The summed E-state index contributed by atoms with van der Waals surface area (Å²) in [4.78, 5) is 10.5. The van der Waals surface area contributed by atoms with Crippen LogP contribution in [0.2, 0.25) is 5.02 Å². The van der Waals surface area contributed by atoms with Crippen molar-refractivity contribution in [2.24, 2.45) is 0 Å². The zero-order chi connectivity index (χ0) is 12.3. The van der Waals surface area contributed by atoms with E-state index in [-0.39, 0.29) is 18.5 Å². The third-order valence-electron chi connectivity index (χ3n) is 2.96. The molecule has 0 bridgehead atoms. The van der Waals surface area contributed by atoms with Gasteiger partial charge < -0.3 is 5.11 Å². The first-order valence-electron chi connectivity index (χ1n) is 5.63. The van der Waals surface area contributed by atoms with Crippen LogP contribution >= 0.6 is 11.6 Å². The van der Waals surface area contributed by atoms with Crippen molar-refractivity contribution in [2.45, 2.75) is 31.3 Å². The molecule has 1 fully saturated rings. The first kappa shape index (κ1) is 12.4. The Balaban J connectivity index is 1.89. The van der Waals surface area contributed by atoms with Gasteiger partial charge in [-0.2, -0.15) is 0 Å². The minimum atomic E-state index is -0.748. The summed E-state index contributed by atoms with van der Waals surface area (Å²) in [6, 6.07) is 8.15. The van der Waals surface area contributed by atoms with Gasteiger partial charge in [0.05, 0.1) is 0 Å². The third-order valence-corrected chi connectivity index (χ3v) is 3.21. The lowest BCUT2D eigenvalue weighted by atomic mass is 10.00. The molecule has 3 N–H and O–H groups in total. The Hall–Kier alpha value is -1.10. The molecule has 2 atom stereocenters. The van der Waals surface area contributed by atoms with Gasteiger partial charge in [-0.1, -0.05) is 23.7 Å². The summed E-state index contributed by atoms with van der Waals surface area (Å²) >= 11 is 5.83. The minimum Gasteiger partial charge on any atom is -0.481 e. The number of rotatable bonds is 4. The molecule has 17 heavy (non-hydrogen) atoms. The van der Waals surface area contributed by atoms with Crippen molar-refractivity contribution in [3.63, 3.8) is 0 Å². The second-order valence-corrected chi connectivity index (χ2v) is 4.69. The van der Waals surface area contributed by atoms with Gasteiger partial charge in [-0.3, -0.25) is 15.6 Å². The summed E-state index contributed by atoms with van der Waals surface area (Å²) in [5.74, 6) is -0.748. The fourth-order valence-electron chi connectivity index (χ4n) is 2.02. The number of aliphatic carboxylic acids is 1. The van der Waals surface area contributed by atoms with Gasteiger partial charge in [0.2, 0.25) is 0 Å². The molecule has 4 nitrogen and oxygen atoms in total. The van der Waals surface area contributed by atoms with Gasteiger partial charge in [0.15, 0.2) is 0 Å². The average molecular weight is 255 g/mol. The van der Waals surface area contributed by atoms with Gasteiger partial charge in [-0.15, -0.1) is 0 Å². The Morgan fingerprint density at radius 2 is 2.06 bits per heavy atom. The van der Waals surface area contributed by atoms with Crippen LogP contribution in [0.5, 0.6) is 0 Å². The highest BCUT2D eigenvalue weighted by Crippen LogP contribution is 2.25. The smallest absolute Gasteiger partial charge is 0.303 e. The van der Waals surface area contributed by atoms with Crippen LogP contribution in [0.1, 0.15) is 30.9 Å². The molecule has 1 aliphatic rings. The van der Waals surface area contributed by atoms with Crippen LogP contribution < -0.4 is 10.9 Å². The van der Waals surface area contributed by atoms with Gasteiger partial charge in [0, 0.05) is 23.5 Å². The van der Waals surface area contributed by atoms with Crippen LogP contribution in [-0.2, 0) is 4.79 Å². The Morgan fingerprint density at radius 1 is 1.35 bits per heavy atom. The molecule has 5 heteroatoms. The van der Waals surface area contributed by atoms with Gasteiger partial charge in [0.25, 0.3) is 0 Å². The van der Waals surface area contributed by atoms with Gasteiger partial charge in [-0.05, 0) is 30.5 Å². The highest BCUT2D eigenvalue weighted by Gasteiger charge is 2.24. The fourth-order valence-corrected chi connectivity index (χ4v) is 2.15. The second kappa shape index (κ2) is 5.49. The number of benzene rings is 1. The summed E-state index contributed by atoms with van der Waals surface area (Å²) < 4.78 is 0. The molecule has 0 radical (unpaired) electrons. The van der Waals surface area contributed by atoms with E-state index in [0.717, 1.165) is 11.4 Å². The minimum absolute atomic E-state index is 0.201. The normalized spacial score (nSPS) is 23.8. The molecule has 1 aromatic carbocycles. The number of carboxylic acids is 1. The molecule has 0 amide bonds. The summed E-state index contributed by atoms with van der Waals surface area (Å²) in [7, 11) is 0. The summed E-state index contributed by atoms with van der Waals surface area (Å²) in [6.45, 7) is 0. The zero-order valence-electron chi connectivity index (χ0n) is 9.32. The van der Waals surface area contributed by atoms with Gasteiger partial charge in [-0.25, -0.2) is 0 Å². The molecular formula is C12H15ClN2O2. The largest absolute Gasteiger partial charge is 0.481 e. The Bertz CT molecular complexity index is 394. The standard InChI is InChI=1S/C12H15ClN2O2/c13-9-3-1-8(2-4-9)11-7-10(14-15-11)5-6-12(16)17/h1-4,10-11,14-15H,5-7H2,(H,16,17). The van der Waals surface area contributed by atoms with E-state index in [1.54, 1.807) is 0 Å². The van der Waals surface area contributed by atoms with Crippen LogP contribution in [-0.4, -0.2) is 17.1 Å². The van der Waals surface area contributed by atoms with Crippen molar-refractivity contribution in [2.75, 3.05) is 0 Å². The van der Waals surface area contributed by atoms with Crippen LogP contribution in [0.25, 0.3) is 0 Å². The number of halogens is 1. The molecule has 92 valence electrons. The first-order valence-corrected chi connectivity index (χ1v) is 6.01. The lowest BCUT2D eigenvalue weighted by molar-refractivity contribution is -0.137. The third kappa shape index (κ3) is 3.43. The predicted octanol–water partition coefficient (Wildman–Crippen LogP) is 2.11. The monoisotopic (exact) mass is 254 g/mol. The maximum atomic E-state index is 10.5. The van der Waals surface area contributed by atoms with Crippen LogP contribution in [0, 0.1) is 0 Å². The lowest BCUT2D eigenvalue weighted by Crippen LogP contribution is -2.31. The first-order chi connectivity index (χ1) is 8.15. The van der Waals surface area contributed by atoms with Crippen molar-refractivity contribution < 1.29 is 9.90 Å². The fraction of sp³-hybridized carbons (Fsp3) is 0.417. The SMILES string of the molecule is O=C(O)CCC1CC(c2ccc(Cl)cc2)NN1. The number of hydrogen-bond donors (Lipinski definition) is 3. The van der Waals surface area contributed by atoms with Gasteiger partial charge >= 0.3 is 5.97 Å². The molecule has 0 aliphatic carbocycles.